The van der Waals surface area contributed by atoms with Crippen LogP contribution in [-0.4, -0.2) is 112 Å². The molecule has 0 atom stereocenters. The third-order valence-electron chi connectivity index (χ3n) is 12.1. The van der Waals surface area contributed by atoms with Gasteiger partial charge in [-0.05, 0) is 83.2 Å². The number of carbonyl (C=O) groups is 4. The molecule has 0 aliphatic carbocycles. The van der Waals surface area contributed by atoms with Crippen molar-refractivity contribution in [2.75, 3.05) is 61.1 Å². The summed E-state index contributed by atoms with van der Waals surface area (Å²) in [6, 6.07) is 6.56. The summed E-state index contributed by atoms with van der Waals surface area (Å²) in [6.45, 7) is 13.5. The molecule has 7 heterocycles. The number of imidazole rings is 2. The molecule has 0 unspecified atom stereocenters. The van der Waals surface area contributed by atoms with Gasteiger partial charge in [-0.1, -0.05) is 12.2 Å². The number of aryl methyl sites for hydroxylation is 4. The van der Waals surface area contributed by atoms with Crippen LogP contribution in [0, 0.1) is 19.3 Å². The van der Waals surface area contributed by atoms with Crippen LogP contribution in [-0.2, 0) is 30.9 Å². The second kappa shape index (κ2) is 17.9. The van der Waals surface area contributed by atoms with Gasteiger partial charge in [0.05, 0.1) is 39.4 Å². The highest BCUT2D eigenvalue weighted by Gasteiger charge is 2.39. The van der Waals surface area contributed by atoms with Crippen molar-refractivity contribution >= 4 is 69.1 Å². The number of primary amides is 2. The molecule has 5 aromatic heterocycles. The predicted molar refractivity (Wildman–Crippen MR) is 241 cm³/mol. The quantitative estimate of drug-likeness (QED) is 0.0763. The topological polar surface area (TPSA) is 279 Å². The van der Waals surface area contributed by atoms with Gasteiger partial charge in [-0.15, -0.1) is 0 Å². The Kier molecular flexibility index (Phi) is 12.2. The molecule has 2 fully saturated rings. The average molecular weight is 875 g/mol. The van der Waals surface area contributed by atoms with E-state index in [0.717, 1.165) is 52.1 Å². The van der Waals surface area contributed by atoms with Gasteiger partial charge in [0.25, 0.3) is 11.8 Å². The molecule has 8 rings (SSSR count). The maximum Gasteiger partial charge on any atom is 0.278 e. The highest BCUT2D eigenvalue weighted by atomic mass is 16.5. The Hall–Kier alpha value is -7.13. The lowest BCUT2D eigenvalue weighted by molar-refractivity contribution is 0.0196. The second-order valence-corrected chi connectivity index (χ2v) is 16.4. The molecule has 1 spiro atoms. The Bertz CT molecular complexity index is 2810. The number of likely N-dealkylation sites (tertiary alicyclic amines) is 1. The number of amides is 4. The van der Waals surface area contributed by atoms with Gasteiger partial charge in [0.15, 0.2) is 5.65 Å². The monoisotopic (exact) mass is 874 g/mol. The summed E-state index contributed by atoms with van der Waals surface area (Å²) in [5.74, 6) is -1.84. The normalized spacial score (nSPS) is 15.2. The Morgan fingerprint density at radius 3 is 2.22 bits per heavy atom. The number of nitrogens with two attached hydrogens (primary N) is 3. The summed E-state index contributed by atoms with van der Waals surface area (Å²) < 4.78 is 12.3. The molecule has 0 radical (unpaired) electrons. The number of ether oxygens (including phenoxy) is 1. The standard InChI is InChI=1S/C43H54N16O5/c1-5-58-32(19-25(3)53-58)39(62)51-41-49-30-21-27(36(45)60)20-29(47-12-16-55-15-9-43(24-55)10-17-64-18-11-43)34(30)56(41)13-7-8-14-57-38-31(22-28(23-48-38)37(46)61)50-42(57)52-40(63)35-33(44)26(4)54-59(35)6-2/h7-8,19-23,47H,5-6,9-18,24,44H2,1-4H3,(H2,45,60)(H2,46,61)(H,49,51,62)(H,50,52,63)/b8-7+. The Morgan fingerprint density at radius 1 is 0.828 bits per heavy atom. The summed E-state index contributed by atoms with van der Waals surface area (Å²) in [6.07, 6.45) is 8.36. The zero-order valence-corrected chi connectivity index (χ0v) is 36.5. The molecule has 1 aromatic carbocycles. The maximum absolute atomic E-state index is 13.9. The van der Waals surface area contributed by atoms with Crippen LogP contribution in [0.1, 0.15) is 86.2 Å². The van der Waals surface area contributed by atoms with E-state index < -0.39 is 23.6 Å². The molecule has 2 aliphatic rings. The lowest BCUT2D eigenvalue weighted by atomic mass is 9.80. The SMILES string of the molecule is CCn1nc(C)cc1C(=O)Nc1nc2cc(C(N)=O)cc(NCCN3CCC4(CCOCC4)C3)c2n1C/C=C/Cn1c(NC(=O)c2c(N)c(C)nn2CC)nc2cc(C(N)=O)cnc21. The minimum absolute atomic E-state index is 0.148. The first-order valence-electron chi connectivity index (χ1n) is 21.5. The number of nitrogens with zero attached hydrogens (tertiary/aromatic N) is 10. The number of benzene rings is 1. The maximum atomic E-state index is 13.9. The Labute approximate surface area is 368 Å². The highest BCUT2D eigenvalue weighted by Crippen LogP contribution is 2.39. The minimum atomic E-state index is -0.675. The third kappa shape index (κ3) is 8.63. The van der Waals surface area contributed by atoms with E-state index in [4.69, 9.17) is 26.9 Å². The van der Waals surface area contributed by atoms with E-state index in [0.29, 0.717) is 70.0 Å². The molecule has 2 saturated heterocycles. The fraction of sp³-hybridized carbons (Fsp3) is 0.419. The van der Waals surface area contributed by atoms with Crippen molar-refractivity contribution < 1.29 is 23.9 Å². The molecular weight excluding hydrogens is 821 g/mol. The molecule has 0 bridgehead atoms. The number of aromatic nitrogens is 9. The molecule has 4 amide bonds. The zero-order chi connectivity index (χ0) is 45.3. The smallest absolute Gasteiger partial charge is 0.278 e. The van der Waals surface area contributed by atoms with Gasteiger partial charge in [-0.2, -0.15) is 10.2 Å². The van der Waals surface area contributed by atoms with Crippen molar-refractivity contribution in [2.24, 2.45) is 16.9 Å². The van der Waals surface area contributed by atoms with Crippen LogP contribution in [0.4, 0.5) is 23.3 Å². The molecule has 9 N–H and O–H groups in total. The summed E-state index contributed by atoms with van der Waals surface area (Å²) in [5, 5.41) is 18.2. The largest absolute Gasteiger partial charge is 0.395 e. The van der Waals surface area contributed by atoms with Crippen molar-refractivity contribution in [3.8, 4) is 0 Å². The molecular formula is C43H54N16O5. The van der Waals surface area contributed by atoms with Crippen LogP contribution in [0.25, 0.3) is 22.2 Å². The van der Waals surface area contributed by atoms with Gasteiger partial charge in [0.1, 0.15) is 16.9 Å². The lowest BCUT2D eigenvalue weighted by Gasteiger charge is -2.33. The first-order valence-corrected chi connectivity index (χ1v) is 21.5. The molecule has 6 aromatic rings. The zero-order valence-electron chi connectivity index (χ0n) is 36.5. The number of anilines is 4. The van der Waals surface area contributed by atoms with Gasteiger partial charge in [0.2, 0.25) is 23.7 Å². The molecule has 21 heteroatoms. The van der Waals surface area contributed by atoms with Crippen molar-refractivity contribution in [1.82, 2.24) is 48.5 Å². The van der Waals surface area contributed by atoms with Crippen LogP contribution in [0.3, 0.4) is 0 Å². The van der Waals surface area contributed by atoms with Crippen molar-refractivity contribution in [3.05, 3.63) is 76.5 Å². The fourth-order valence-electron chi connectivity index (χ4n) is 8.73. The van der Waals surface area contributed by atoms with Crippen LogP contribution >= 0.6 is 0 Å². The fourth-order valence-corrected chi connectivity index (χ4v) is 8.73. The number of pyridine rings is 1. The van der Waals surface area contributed by atoms with E-state index in [2.05, 4.69) is 41.0 Å². The van der Waals surface area contributed by atoms with Gasteiger partial charge in [-0.25, -0.2) is 15.0 Å². The van der Waals surface area contributed by atoms with Crippen LogP contribution in [0.15, 0.2) is 42.6 Å². The number of carbonyl (C=O) groups excluding carboxylic acids is 4. The first kappa shape index (κ1) is 43.5. The number of nitrogens with one attached hydrogen (secondary N) is 3. The van der Waals surface area contributed by atoms with Crippen LogP contribution in [0.2, 0.25) is 0 Å². The predicted octanol–water partition coefficient (Wildman–Crippen LogP) is 3.29. The van der Waals surface area contributed by atoms with E-state index in [-0.39, 0.29) is 47.5 Å². The summed E-state index contributed by atoms with van der Waals surface area (Å²) >= 11 is 0. The Balaban J connectivity index is 1.12. The number of hydrogen-bond acceptors (Lipinski definition) is 13. The minimum Gasteiger partial charge on any atom is -0.395 e. The van der Waals surface area contributed by atoms with E-state index in [9.17, 15) is 19.2 Å². The molecule has 64 heavy (non-hydrogen) atoms. The van der Waals surface area contributed by atoms with Crippen LogP contribution in [0.5, 0.6) is 0 Å². The summed E-state index contributed by atoms with van der Waals surface area (Å²) in [7, 11) is 0. The van der Waals surface area contributed by atoms with E-state index in [1.54, 1.807) is 34.4 Å². The summed E-state index contributed by atoms with van der Waals surface area (Å²) in [4.78, 5) is 68.7. The Morgan fingerprint density at radius 2 is 1.50 bits per heavy atom. The average Bonchev–Trinajstić information content (AvgIpc) is 4.08. The van der Waals surface area contributed by atoms with E-state index in [1.807, 2.05) is 37.5 Å². The molecule has 21 nitrogen and oxygen atoms in total. The first-order chi connectivity index (χ1) is 30.8. The van der Waals surface area contributed by atoms with Gasteiger partial charge in [-0.3, -0.25) is 43.7 Å². The number of fused-ring (bicyclic) bond motifs is 2. The van der Waals surface area contributed by atoms with Gasteiger partial charge in [0, 0.05) is 70.8 Å². The van der Waals surface area contributed by atoms with Gasteiger partial charge >= 0.3 is 0 Å². The molecule has 336 valence electrons. The van der Waals surface area contributed by atoms with E-state index in [1.165, 1.54) is 16.9 Å². The second-order valence-electron chi connectivity index (χ2n) is 16.4. The van der Waals surface area contributed by atoms with Crippen molar-refractivity contribution in [3.63, 3.8) is 0 Å². The highest BCUT2D eigenvalue weighted by molar-refractivity contribution is 6.07. The third-order valence-corrected chi connectivity index (χ3v) is 12.1. The number of allylic oxidation sites excluding steroid dienone is 2. The number of hydrogen-bond donors (Lipinski definition) is 6. The number of nitrogen functional groups attached to an aromatic ring is 1. The van der Waals surface area contributed by atoms with Crippen LogP contribution < -0.4 is 33.2 Å². The summed E-state index contributed by atoms with van der Waals surface area (Å²) in [5.41, 5.74) is 22.8. The van der Waals surface area contributed by atoms with Crippen molar-refractivity contribution in [1.29, 1.82) is 0 Å². The number of rotatable bonds is 16. The van der Waals surface area contributed by atoms with Crippen molar-refractivity contribution in [2.45, 2.75) is 73.1 Å². The lowest BCUT2D eigenvalue weighted by Crippen LogP contribution is -2.34. The molecule has 0 saturated carbocycles. The van der Waals surface area contributed by atoms with E-state index >= 15 is 0 Å². The molecule has 2 aliphatic heterocycles. The van der Waals surface area contributed by atoms with Gasteiger partial charge < -0.3 is 36.7 Å².